The average Bonchev–Trinajstić information content (AvgIpc) is 2.84. The smallest absolute Gasteiger partial charge is 0.338 e. The van der Waals surface area contributed by atoms with Gasteiger partial charge in [-0.15, -0.1) is 0 Å². The summed E-state index contributed by atoms with van der Waals surface area (Å²) in [5.41, 5.74) is 1.06. The first kappa shape index (κ1) is 25.7. The number of benzene rings is 3. The second-order valence-electron chi connectivity index (χ2n) is 7.68. The highest BCUT2D eigenvalue weighted by Gasteiger charge is 2.11. The molecule has 0 aromatic heterocycles. The molecule has 178 valence electrons. The molecule has 0 aliphatic heterocycles. The zero-order valence-corrected chi connectivity index (χ0v) is 19.6. The van der Waals surface area contributed by atoms with E-state index in [0.29, 0.717) is 11.1 Å². The Hall–Kier alpha value is -4.94. The van der Waals surface area contributed by atoms with Crippen LogP contribution in [0.15, 0.2) is 85.0 Å². The maximum absolute atomic E-state index is 14.6. The first-order valence-corrected chi connectivity index (χ1v) is 10.6. The Balaban J connectivity index is 1.80. The Bertz CT molecular complexity index is 1400. The van der Waals surface area contributed by atoms with Crippen molar-refractivity contribution < 1.29 is 27.8 Å². The third-order valence-electron chi connectivity index (χ3n) is 4.55. The molecule has 0 radical (unpaired) electrons. The third kappa shape index (κ3) is 6.79. The van der Waals surface area contributed by atoms with Crippen LogP contribution in [0.5, 0.6) is 11.5 Å². The topological polar surface area (TPSA) is 52.6 Å². The van der Waals surface area contributed by atoms with Crippen LogP contribution < -0.4 is 9.47 Å². The predicted molar refractivity (Wildman–Crippen MR) is 132 cm³/mol. The van der Waals surface area contributed by atoms with Crippen molar-refractivity contribution in [3.63, 3.8) is 0 Å². The van der Waals surface area contributed by atoms with Crippen LogP contribution in [0.25, 0.3) is 0 Å². The molecule has 0 heterocycles. The van der Waals surface area contributed by atoms with Gasteiger partial charge in [-0.2, -0.15) is 0 Å². The molecule has 0 amide bonds. The van der Waals surface area contributed by atoms with Crippen LogP contribution in [0.1, 0.15) is 36.1 Å². The molecule has 6 heteroatoms. The Labute approximate surface area is 207 Å². The molecule has 4 nitrogen and oxygen atoms in total. The Morgan fingerprint density at radius 2 is 1.06 bits per heavy atom. The second-order valence-corrected chi connectivity index (χ2v) is 7.68. The number of hydrogen-bond acceptors (Lipinski definition) is 4. The molecule has 36 heavy (non-hydrogen) atoms. The fourth-order valence-electron chi connectivity index (χ4n) is 2.68. The molecule has 0 aliphatic carbocycles. The van der Waals surface area contributed by atoms with Gasteiger partial charge < -0.3 is 9.47 Å². The lowest BCUT2D eigenvalue weighted by atomic mass is 10.1. The number of hydrogen-bond donors (Lipinski definition) is 0. The predicted octanol–water partition coefficient (Wildman–Crippen LogP) is 5.73. The van der Waals surface area contributed by atoms with Gasteiger partial charge >= 0.3 is 11.9 Å². The van der Waals surface area contributed by atoms with Gasteiger partial charge in [0.15, 0.2) is 11.6 Å². The summed E-state index contributed by atoms with van der Waals surface area (Å²) in [6.07, 6.45) is 0. The van der Waals surface area contributed by atoms with Crippen molar-refractivity contribution >= 4 is 11.9 Å². The van der Waals surface area contributed by atoms with E-state index in [-0.39, 0.29) is 33.8 Å². The molecule has 0 saturated heterocycles. The highest BCUT2D eigenvalue weighted by atomic mass is 19.2. The number of halogens is 2. The van der Waals surface area contributed by atoms with E-state index in [1.54, 1.807) is 36.4 Å². The van der Waals surface area contributed by atoms with Gasteiger partial charge in [-0.3, -0.25) is 0 Å². The SMILES string of the molecule is C=C(C)C(=O)Oc1cccc(C#Cc2ccc(C#Cc3cccc(OC(=O)C(=C)C)c3)c(F)c2F)c1. The Morgan fingerprint density at radius 3 is 1.42 bits per heavy atom. The standard InChI is InChI=1S/C30H20F2O4/c1-19(2)29(33)35-25-9-5-7-21(17-25)11-13-23-15-16-24(28(32)27(23)31)14-12-22-8-6-10-26(18-22)36-30(34)20(3)4/h5-10,15-18H,1,3H2,2,4H3. The lowest BCUT2D eigenvalue weighted by molar-refractivity contribution is -0.130. The minimum absolute atomic E-state index is 0.156. The third-order valence-corrected chi connectivity index (χ3v) is 4.55. The van der Waals surface area contributed by atoms with Crippen molar-refractivity contribution in [1.82, 2.24) is 0 Å². The molecule has 0 saturated carbocycles. The van der Waals surface area contributed by atoms with E-state index in [0.717, 1.165) is 0 Å². The Kier molecular flexibility index (Phi) is 8.18. The minimum atomic E-state index is -1.14. The van der Waals surface area contributed by atoms with Crippen molar-refractivity contribution in [2.45, 2.75) is 13.8 Å². The van der Waals surface area contributed by atoms with Crippen molar-refractivity contribution in [2.75, 3.05) is 0 Å². The normalized spacial score (nSPS) is 9.67. The Morgan fingerprint density at radius 1 is 0.667 bits per heavy atom. The molecule has 0 fully saturated rings. The molecule has 3 aromatic carbocycles. The number of esters is 2. The highest BCUT2D eigenvalue weighted by Crippen LogP contribution is 2.18. The molecule has 0 bridgehead atoms. The van der Waals surface area contributed by atoms with Crippen molar-refractivity contribution in [3.05, 3.63) is 119 Å². The quantitative estimate of drug-likeness (QED) is 0.206. The van der Waals surface area contributed by atoms with Crippen LogP contribution in [0, 0.1) is 35.3 Å². The lowest BCUT2D eigenvalue weighted by Gasteiger charge is -2.04. The summed E-state index contributed by atoms with van der Waals surface area (Å²) < 4.78 is 39.5. The summed E-state index contributed by atoms with van der Waals surface area (Å²) in [5, 5.41) is 0. The van der Waals surface area contributed by atoms with E-state index in [1.165, 1.54) is 38.1 Å². The van der Waals surface area contributed by atoms with Crippen molar-refractivity contribution in [1.29, 1.82) is 0 Å². The van der Waals surface area contributed by atoms with Gasteiger partial charge in [0.25, 0.3) is 0 Å². The van der Waals surface area contributed by atoms with Gasteiger partial charge in [-0.1, -0.05) is 49.0 Å². The van der Waals surface area contributed by atoms with E-state index in [2.05, 4.69) is 36.8 Å². The summed E-state index contributed by atoms with van der Waals surface area (Å²) in [7, 11) is 0. The first-order chi connectivity index (χ1) is 17.1. The zero-order chi connectivity index (χ0) is 26.2. The molecule has 0 atom stereocenters. The first-order valence-electron chi connectivity index (χ1n) is 10.6. The number of ether oxygens (including phenoxy) is 2. The molecule has 0 N–H and O–H groups in total. The lowest BCUT2D eigenvalue weighted by Crippen LogP contribution is -2.08. The van der Waals surface area contributed by atoms with Crippen molar-refractivity contribution in [2.24, 2.45) is 0 Å². The van der Waals surface area contributed by atoms with Gasteiger partial charge in [0.2, 0.25) is 0 Å². The van der Waals surface area contributed by atoms with E-state index < -0.39 is 23.6 Å². The van der Waals surface area contributed by atoms with Crippen LogP contribution in [0.2, 0.25) is 0 Å². The van der Waals surface area contributed by atoms with E-state index in [9.17, 15) is 18.4 Å². The molecule has 3 rings (SSSR count). The molecule has 3 aromatic rings. The molecular weight excluding hydrogens is 462 g/mol. The van der Waals surface area contributed by atoms with Crippen molar-refractivity contribution in [3.8, 4) is 35.2 Å². The maximum atomic E-state index is 14.6. The summed E-state index contributed by atoms with van der Waals surface area (Å²) in [6, 6.07) is 15.3. The van der Waals surface area contributed by atoms with E-state index in [4.69, 9.17) is 9.47 Å². The van der Waals surface area contributed by atoms with E-state index >= 15 is 0 Å². The van der Waals surface area contributed by atoms with Gasteiger partial charge in [0.1, 0.15) is 11.5 Å². The van der Waals surface area contributed by atoms with Crippen LogP contribution in [0.3, 0.4) is 0 Å². The number of rotatable bonds is 4. The largest absolute Gasteiger partial charge is 0.423 e. The maximum Gasteiger partial charge on any atom is 0.338 e. The van der Waals surface area contributed by atoms with Crippen LogP contribution in [-0.4, -0.2) is 11.9 Å². The van der Waals surface area contributed by atoms with E-state index in [1.807, 2.05) is 0 Å². The fraction of sp³-hybridized carbons (Fsp3) is 0.0667. The summed E-state index contributed by atoms with van der Waals surface area (Å²) >= 11 is 0. The van der Waals surface area contributed by atoms with Crippen LogP contribution in [-0.2, 0) is 9.59 Å². The molecule has 0 aliphatic rings. The fourth-order valence-corrected chi connectivity index (χ4v) is 2.68. The second kappa shape index (κ2) is 11.5. The number of carbonyl (C=O) groups is 2. The van der Waals surface area contributed by atoms with Crippen LogP contribution in [0.4, 0.5) is 8.78 Å². The van der Waals surface area contributed by atoms with Gasteiger partial charge in [-0.05, 0) is 62.4 Å². The average molecular weight is 482 g/mol. The van der Waals surface area contributed by atoms with Crippen LogP contribution >= 0.6 is 0 Å². The molecule has 0 unspecified atom stereocenters. The summed E-state index contributed by atoms with van der Waals surface area (Å²) in [5.74, 6) is 7.69. The zero-order valence-electron chi connectivity index (χ0n) is 19.6. The minimum Gasteiger partial charge on any atom is -0.423 e. The molecular formula is C30H20F2O4. The monoisotopic (exact) mass is 482 g/mol. The summed E-state index contributed by atoms with van der Waals surface area (Å²) in [6.45, 7) is 10.1. The van der Waals surface area contributed by atoms with Gasteiger partial charge in [-0.25, -0.2) is 18.4 Å². The van der Waals surface area contributed by atoms with Gasteiger partial charge in [0.05, 0.1) is 11.1 Å². The number of carbonyl (C=O) groups excluding carboxylic acids is 2. The summed E-state index contributed by atoms with van der Waals surface area (Å²) in [4.78, 5) is 23.3. The van der Waals surface area contributed by atoms with Gasteiger partial charge in [0, 0.05) is 22.3 Å². The molecule has 0 spiro atoms. The highest BCUT2D eigenvalue weighted by molar-refractivity contribution is 5.89.